The summed E-state index contributed by atoms with van der Waals surface area (Å²) in [6.07, 6.45) is 1.74. The van der Waals surface area contributed by atoms with Crippen LogP contribution in [-0.4, -0.2) is 178 Å². The van der Waals surface area contributed by atoms with Crippen LogP contribution in [0.15, 0.2) is 54.7 Å². The Kier molecular flexibility index (Phi) is 26.1. The number of nitrogens with one attached hydrogen (secondary N) is 8. The Morgan fingerprint density at radius 1 is 0.696 bits per heavy atom. The zero-order chi connectivity index (χ0) is 58.3. The maximum Gasteiger partial charge on any atom is 0.326 e. The fourth-order valence-electron chi connectivity index (χ4n) is 8.82. The Bertz CT molecular complexity index is 2520. The van der Waals surface area contributed by atoms with Gasteiger partial charge in [-0.15, -0.1) is 0 Å². The summed E-state index contributed by atoms with van der Waals surface area (Å²) in [6.45, 7) is 11.6. The highest BCUT2D eigenvalue weighted by atomic mass is 16.5. The number of carboxylic acid groups (broad SMARTS) is 1. The molecular formula is C55H81N9O15. The molecule has 3 aromatic rings. The summed E-state index contributed by atoms with van der Waals surface area (Å²) in [5, 5.41) is 59.9. The normalized spacial score (nSPS) is 16.1. The number of carboxylic acids is 1. The Morgan fingerprint density at radius 2 is 1.34 bits per heavy atom. The van der Waals surface area contributed by atoms with Crippen LogP contribution in [-0.2, 0) is 65.5 Å². The molecular weight excluding hydrogens is 1030 g/mol. The highest BCUT2D eigenvalue weighted by Gasteiger charge is 2.41. The minimum Gasteiger partial charge on any atom is -0.508 e. The number of aliphatic hydroxyl groups excluding tert-OH is 2. The van der Waals surface area contributed by atoms with Gasteiger partial charge in [-0.25, -0.2) is 4.79 Å². The van der Waals surface area contributed by atoms with Gasteiger partial charge in [-0.3, -0.25) is 38.4 Å². The first-order chi connectivity index (χ1) is 37.5. The maximum atomic E-state index is 14.2. The number of aromatic nitrogens is 1. The van der Waals surface area contributed by atoms with Crippen LogP contribution in [0.25, 0.3) is 10.9 Å². The van der Waals surface area contributed by atoms with Gasteiger partial charge in [0.15, 0.2) is 0 Å². The van der Waals surface area contributed by atoms with E-state index in [1.807, 2.05) is 45.9 Å². The molecule has 1 fully saturated rings. The number of aliphatic carboxylic acids is 1. The first kappa shape index (κ1) is 64.4. The van der Waals surface area contributed by atoms with E-state index in [9.17, 15) is 63.6 Å². The molecule has 1 aliphatic heterocycles. The van der Waals surface area contributed by atoms with E-state index in [4.69, 9.17) is 9.47 Å². The molecule has 1 aromatic heterocycles. The quantitative estimate of drug-likeness (QED) is 0.0365. The van der Waals surface area contributed by atoms with E-state index in [1.54, 1.807) is 26.1 Å². The molecule has 0 saturated carbocycles. The lowest BCUT2D eigenvalue weighted by atomic mass is 10.0. The molecule has 0 radical (unpaired) electrons. The number of fused-ring (bicyclic) bond motifs is 1. The number of aromatic amines is 1. The number of amides is 8. The van der Waals surface area contributed by atoms with Gasteiger partial charge in [0.25, 0.3) is 0 Å². The minimum absolute atomic E-state index is 0.0263. The second-order valence-corrected chi connectivity index (χ2v) is 21.0. The SMILES string of the molecule is CC(C)CCC(=O)NCCOCCOCC(=O)N[C@@H](CC(C)C)C(=O)N[C@H](C(=O)N[C@H](C(=O)N[C@@H](CO)C(=O)N1CCC[C@H]1C(=O)N[C@@H](Cc1c[nH]c2ccccc12)C(=O)N[C@@H](Cc1ccc(O)cc1)C(=O)O)C(C)C)[C@@H](C)O. The van der Waals surface area contributed by atoms with Crippen LogP contribution in [0.5, 0.6) is 5.75 Å². The van der Waals surface area contributed by atoms with Gasteiger partial charge in [0.2, 0.25) is 47.3 Å². The molecule has 2 aromatic carbocycles. The van der Waals surface area contributed by atoms with Crippen molar-refractivity contribution in [1.29, 1.82) is 0 Å². The first-order valence-electron chi connectivity index (χ1n) is 26.9. The molecule has 24 nitrogen and oxygen atoms in total. The van der Waals surface area contributed by atoms with E-state index in [-0.39, 0.29) is 69.6 Å². The van der Waals surface area contributed by atoms with Crippen molar-refractivity contribution in [3.05, 3.63) is 65.9 Å². The Hall–Kier alpha value is -7.15. The number of aromatic hydroxyl groups is 1. The van der Waals surface area contributed by atoms with Crippen molar-refractivity contribution >= 4 is 64.1 Å². The number of benzene rings is 2. The van der Waals surface area contributed by atoms with Crippen LogP contribution in [0.3, 0.4) is 0 Å². The fourth-order valence-corrected chi connectivity index (χ4v) is 8.82. The van der Waals surface area contributed by atoms with Crippen LogP contribution in [0, 0.1) is 17.8 Å². The number of phenolic OH excluding ortho intramolecular Hbond substituents is 1. The van der Waals surface area contributed by atoms with Crippen LogP contribution >= 0.6 is 0 Å². The van der Waals surface area contributed by atoms with E-state index in [1.165, 1.54) is 31.2 Å². The summed E-state index contributed by atoms with van der Waals surface area (Å²) in [5.74, 6) is -7.55. The summed E-state index contributed by atoms with van der Waals surface area (Å²) in [5.41, 5.74) is 1.89. The van der Waals surface area contributed by atoms with Crippen LogP contribution in [0.2, 0.25) is 0 Å². The monoisotopic (exact) mass is 1110 g/mol. The molecule has 79 heavy (non-hydrogen) atoms. The molecule has 8 amide bonds. The smallest absolute Gasteiger partial charge is 0.326 e. The number of ether oxygens (including phenoxy) is 2. The molecule has 24 heteroatoms. The lowest BCUT2D eigenvalue weighted by molar-refractivity contribution is -0.144. The number of H-pyrrole nitrogens is 1. The topological polar surface area (TPSA) is 356 Å². The number of aliphatic hydroxyl groups is 2. The van der Waals surface area contributed by atoms with E-state index in [0.29, 0.717) is 36.4 Å². The average Bonchev–Trinajstić information content (AvgIpc) is 4.06. The van der Waals surface area contributed by atoms with Crippen molar-refractivity contribution in [2.75, 3.05) is 46.1 Å². The second-order valence-electron chi connectivity index (χ2n) is 21.0. The van der Waals surface area contributed by atoms with Gasteiger partial charge in [-0.1, -0.05) is 71.9 Å². The zero-order valence-electron chi connectivity index (χ0n) is 46.2. The highest BCUT2D eigenvalue weighted by molar-refractivity contribution is 5.98. The molecule has 1 aliphatic rings. The number of hydrogen-bond acceptors (Lipinski definition) is 14. The van der Waals surface area contributed by atoms with Gasteiger partial charge in [-0.2, -0.15) is 0 Å². The summed E-state index contributed by atoms with van der Waals surface area (Å²) in [4.78, 5) is 125. The van der Waals surface area contributed by atoms with Crippen molar-refractivity contribution in [3.8, 4) is 5.75 Å². The molecule has 12 N–H and O–H groups in total. The molecule has 1 saturated heterocycles. The van der Waals surface area contributed by atoms with Crippen LogP contribution < -0.4 is 37.2 Å². The summed E-state index contributed by atoms with van der Waals surface area (Å²) < 4.78 is 10.9. The predicted octanol–water partition coefficient (Wildman–Crippen LogP) is 0.304. The summed E-state index contributed by atoms with van der Waals surface area (Å²) >= 11 is 0. The van der Waals surface area contributed by atoms with Gasteiger partial charge in [0.1, 0.15) is 54.6 Å². The third-order valence-electron chi connectivity index (χ3n) is 13.1. The average molecular weight is 1110 g/mol. The molecule has 4 rings (SSSR count). The highest BCUT2D eigenvalue weighted by Crippen LogP contribution is 2.22. The van der Waals surface area contributed by atoms with Gasteiger partial charge in [0, 0.05) is 49.5 Å². The number of para-hydroxylation sites is 1. The minimum atomic E-state index is -1.63. The van der Waals surface area contributed by atoms with Crippen molar-refractivity contribution < 1.29 is 73.1 Å². The predicted molar refractivity (Wildman–Crippen MR) is 290 cm³/mol. The third kappa shape index (κ3) is 20.9. The van der Waals surface area contributed by atoms with Gasteiger partial charge >= 0.3 is 5.97 Å². The molecule has 2 heterocycles. The lowest BCUT2D eigenvalue weighted by Gasteiger charge is -2.31. The standard InChI is InChI=1S/C55H81N9O15/c1-31(2)14-19-45(68)56-20-22-78-23-24-79-30-46(69)58-40(25-32(3)4)50(71)63-48(34(7)66)53(74)62-47(33(5)6)52(73)61-43(29-65)54(75)64-21-10-13-44(64)51(72)59-41(27-36-28-57-39-12-9-8-11-38(36)39)49(70)60-42(55(76)77)26-35-15-17-37(67)18-16-35/h8-9,11-12,15-18,28,31-34,40-44,47-48,57,65-67H,10,13-14,19-27,29-30H2,1-7H3,(H,56,68)(H,58,69)(H,59,72)(H,60,70)(H,61,73)(H,62,74)(H,63,71)(H,76,77)/t34-,40+,41+,42+,43+,44+,47+,48+/m1/s1. The molecule has 436 valence electrons. The lowest BCUT2D eigenvalue weighted by Crippen LogP contribution is -2.62. The van der Waals surface area contributed by atoms with Crippen molar-refractivity contribution in [2.24, 2.45) is 17.8 Å². The molecule has 8 atom stereocenters. The number of rotatable bonds is 33. The number of carbonyl (C=O) groups excluding carboxylic acids is 8. The number of phenols is 1. The Morgan fingerprint density at radius 3 is 1.99 bits per heavy atom. The second kappa shape index (κ2) is 32.1. The number of carbonyl (C=O) groups is 9. The molecule has 0 spiro atoms. The van der Waals surface area contributed by atoms with Gasteiger partial charge in [0.05, 0.1) is 32.5 Å². The van der Waals surface area contributed by atoms with Crippen LogP contribution in [0.4, 0.5) is 0 Å². The molecule has 0 unspecified atom stereocenters. The van der Waals surface area contributed by atoms with Crippen molar-refractivity contribution in [1.82, 2.24) is 47.1 Å². The van der Waals surface area contributed by atoms with Gasteiger partial charge in [-0.05, 0) is 79.7 Å². The van der Waals surface area contributed by atoms with Gasteiger partial charge < -0.3 is 77.0 Å². The van der Waals surface area contributed by atoms with Crippen molar-refractivity contribution in [2.45, 2.75) is 142 Å². The molecule has 0 aliphatic carbocycles. The number of nitrogens with zero attached hydrogens (tertiary/aromatic N) is 1. The Labute approximate surface area is 460 Å². The van der Waals surface area contributed by atoms with E-state index < -0.39 is 115 Å². The largest absolute Gasteiger partial charge is 0.508 e. The number of likely N-dealkylation sites (tertiary alicyclic amines) is 1. The van der Waals surface area contributed by atoms with E-state index in [2.05, 4.69) is 42.2 Å². The first-order valence-corrected chi connectivity index (χ1v) is 26.9. The third-order valence-corrected chi connectivity index (χ3v) is 13.1. The Balaban J connectivity index is 1.38. The van der Waals surface area contributed by atoms with Crippen LogP contribution in [0.1, 0.15) is 91.7 Å². The summed E-state index contributed by atoms with van der Waals surface area (Å²) in [6, 6.07) is 3.28. The number of hydrogen-bond donors (Lipinski definition) is 12. The maximum absolute atomic E-state index is 14.2. The van der Waals surface area contributed by atoms with E-state index >= 15 is 0 Å². The molecule has 0 bridgehead atoms. The fraction of sp³-hybridized carbons (Fsp3) is 0.582. The van der Waals surface area contributed by atoms with E-state index in [0.717, 1.165) is 22.2 Å². The van der Waals surface area contributed by atoms with Crippen molar-refractivity contribution in [3.63, 3.8) is 0 Å². The summed E-state index contributed by atoms with van der Waals surface area (Å²) in [7, 11) is 0. The zero-order valence-corrected chi connectivity index (χ0v) is 46.2.